The normalized spacial score (nSPS) is 11.7. The van der Waals surface area contributed by atoms with E-state index in [4.69, 9.17) is 0 Å². The minimum Gasteiger partial charge on any atom is -0.306 e. The van der Waals surface area contributed by atoms with Crippen LogP contribution in [0.5, 0.6) is 0 Å². The Morgan fingerprint density at radius 3 is 0.780 bits per heavy atom. The molecule has 0 amide bonds. The maximum absolute atomic E-state index is 11.9. The molecule has 0 saturated heterocycles. The molecule has 4 heteroatoms. The number of fused-ring (bicyclic) bond motifs is 9. The van der Waals surface area contributed by atoms with E-state index >= 15 is 0 Å². The molecule has 0 unspecified atom stereocenters. The van der Waals surface area contributed by atoms with E-state index in [-0.39, 0.29) is 0 Å². The van der Waals surface area contributed by atoms with E-state index < -0.39 is 0 Å². The minimum atomic E-state index is 0.612. The molecule has 3 aromatic heterocycles. The highest BCUT2D eigenvalue weighted by Crippen LogP contribution is 2.51. The Hall–Kier alpha value is -8.13. The van der Waals surface area contributed by atoms with Crippen molar-refractivity contribution in [3.05, 3.63) is 212 Å². The molecule has 0 radical (unpaired) electrons. The molecular formula is C55H34N4. The standard InChI is InChI=1S/C55H34N4/c56-35-44-51(36-19-3-1-4-20-36)53(57-45-29-13-7-23-38(45)39-24-8-14-30-46(39)57)55(59-49-33-17-11-27-42(49)43-28-12-18-34-50(43)59)54(52(44)37-21-5-2-6-22-37)58-47-31-15-9-25-40(47)41-26-10-16-32-48(41)58/h1-34H. The van der Waals surface area contributed by atoms with E-state index in [0.717, 1.165) is 105 Å². The summed E-state index contributed by atoms with van der Waals surface area (Å²) in [7, 11) is 0. The molecule has 0 N–H and O–H groups in total. The maximum atomic E-state index is 11.9. The second-order valence-corrected chi connectivity index (χ2v) is 15.1. The van der Waals surface area contributed by atoms with Crippen molar-refractivity contribution in [3.63, 3.8) is 0 Å². The largest absolute Gasteiger partial charge is 0.306 e. The van der Waals surface area contributed by atoms with Gasteiger partial charge in [-0.2, -0.15) is 5.26 Å². The van der Waals surface area contributed by atoms with E-state index in [0.29, 0.717) is 5.56 Å². The minimum absolute atomic E-state index is 0.612. The van der Waals surface area contributed by atoms with Crippen molar-refractivity contribution in [1.82, 2.24) is 13.7 Å². The first kappa shape index (κ1) is 33.1. The van der Waals surface area contributed by atoms with Gasteiger partial charge in [-0.3, -0.25) is 0 Å². The number of nitriles is 1. The summed E-state index contributed by atoms with van der Waals surface area (Å²) in [5.74, 6) is 0. The molecule has 0 aliphatic carbocycles. The van der Waals surface area contributed by atoms with Gasteiger partial charge in [0.1, 0.15) is 6.07 Å². The highest BCUT2D eigenvalue weighted by Gasteiger charge is 2.33. The fraction of sp³-hybridized carbons (Fsp3) is 0. The Bertz CT molecular complexity index is 3330. The van der Waals surface area contributed by atoms with Crippen LogP contribution < -0.4 is 0 Å². The van der Waals surface area contributed by atoms with E-state index in [1.807, 2.05) is 12.1 Å². The molecule has 0 aliphatic heterocycles. The predicted molar refractivity (Wildman–Crippen MR) is 245 cm³/mol. The van der Waals surface area contributed by atoms with Gasteiger partial charge in [0, 0.05) is 43.4 Å². The van der Waals surface area contributed by atoms with Crippen molar-refractivity contribution in [1.29, 1.82) is 5.26 Å². The van der Waals surface area contributed by atoms with Gasteiger partial charge in [-0.25, -0.2) is 0 Å². The summed E-state index contributed by atoms with van der Waals surface area (Å²) < 4.78 is 7.33. The average Bonchev–Trinajstić information content (AvgIpc) is 3.94. The summed E-state index contributed by atoms with van der Waals surface area (Å²) in [5, 5.41) is 18.8. The predicted octanol–water partition coefficient (Wildman–Crippen LogP) is 14.2. The number of rotatable bonds is 5. The zero-order valence-corrected chi connectivity index (χ0v) is 31.9. The van der Waals surface area contributed by atoms with E-state index in [2.05, 4.69) is 214 Å². The third kappa shape index (κ3) is 4.70. The Labute approximate surface area is 340 Å². The van der Waals surface area contributed by atoms with Crippen LogP contribution in [-0.4, -0.2) is 13.7 Å². The summed E-state index contributed by atoms with van der Waals surface area (Å²) in [6.45, 7) is 0. The van der Waals surface area contributed by atoms with Crippen molar-refractivity contribution < 1.29 is 0 Å². The summed E-state index contributed by atoms with van der Waals surface area (Å²) >= 11 is 0. The summed E-state index contributed by atoms with van der Waals surface area (Å²) in [6, 6.07) is 76.1. The van der Waals surface area contributed by atoms with Crippen LogP contribution in [0.4, 0.5) is 0 Å². The zero-order chi connectivity index (χ0) is 39.0. The first-order valence-electron chi connectivity index (χ1n) is 20.0. The lowest BCUT2D eigenvalue weighted by atomic mass is 9.87. The van der Waals surface area contributed by atoms with Crippen molar-refractivity contribution in [2.45, 2.75) is 0 Å². The number of aromatic nitrogens is 3. The Morgan fingerprint density at radius 2 is 0.508 bits per heavy atom. The van der Waals surface area contributed by atoms with Crippen LogP contribution in [0.25, 0.3) is 105 Å². The molecule has 0 saturated carbocycles. The first-order chi connectivity index (χ1) is 29.3. The maximum Gasteiger partial charge on any atom is 0.101 e. The second-order valence-electron chi connectivity index (χ2n) is 15.1. The Kier molecular flexibility index (Phi) is 7.26. The molecule has 9 aromatic carbocycles. The van der Waals surface area contributed by atoms with Crippen LogP contribution in [0.2, 0.25) is 0 Å². The highest BCUT2D eigenvalue weighted by atomic mass is 15.1. The molecule has 3 heterocycles. The molecule has 274 valence electrons. The van der Waals surface area contributed by atoms with Gasteiger partial charge in [-0.15, -0.1) is 0 Å². The monoisotopic (exact) mass is 750 g/mol. The van der Waals surface area contributed by atoms with Crippen LogP contribution >= 0.6 is 0 Å². The molecule has 0 aliphatic rings. The number of nitrogens with zero attached hydrogens (tertiary/aromatic N) is 4. The number of para-hydroxylation sites is 6. The van der Waals surface area contributed by atoms with Gasteiger partial charge in [0.05, 0.1) is 55.7 Å². The number of benzene rings is 9. The van der Waals surface area contributed by atoms with Crippen molar-refractivity contribution in [2.24, 2.45) is 0 Å². The molecule has 59 heavy (non-hydrogen) atoms. The van der Waals surface area contributed by atoms with Crippen LogP contribution in [0.3, 0.4) is 0 Å². The third-order valence-electron chi connectivity index (χ3n) is 12.1. The number of hydrogen-bond donors (Lipinski definition) is 0. The van der Waals surface area contributed by atoms with E-state index in [9.17, 15) is 5.26 Å². The second kappa shape index (κ2) is 13.0. The van der Waals surface area contributed by atoms with Gasteiger partial charge in [0.15, 0.2) is 0 Å². The van der Waals surface area contributed by atoms with Gasteiger partial charge >= 0.3 is 0 Å². The van der Waals surface area contributed by atoms with E-state index in [1.165, 1.54) is 0 Å². The fourth-order valence-corrected chi connectivity index (χ4v) is 9.73. The topological polar surface area (TPSA) is 38.6 Å². The van der Waals surface area contributed by atoms with Crippen molar-refractivity contribution >= 4 is 65.4 Å². The Morgan fingerprint density at radius 1 is 0.271 bits per heavy atom. The van der Waals surface area contributed by atoms with Crippen LogP contribution in [0.1, 0.15) is 5.56 Å². The van der Waals surface area contributed by atoms with Crippen molar-refractivity contribution in [2.75, 3.05) is 0 Å². The van der Waals surface area contributed by atoms with E-state index in [1.54, 1.807) is 0 Å². The summed E-state index contributed by atoms with van der Waals surface area (Å²) in [5.41, 5.74) is 13.6. The van der Waals surface area contributed by atoms with Gasteiger partial charge < -0.3 is 13.7 Å². The molecule has 4 nitrogen and oxygen atoms in total. The third-order valence-corrected chi connectivity index (χ3v) is 12.1. The molecule has 0 spiro atoms. The molecule has 12 aromatic rings. The molecule has 0 fully saturated rings. The lowest BCUT2D eigenvalue weighted by molar-refractivity contribution is 1.05. The molecule has 12 rings (SSSR count). The fourth-order valence-electron chi connectivity index (χ4n) is 9.73. The highest BCUT2D eigenvalue weighted by molar-refractivity contribution is 6.16. The number of hydrogen-bond acceptors (Lipinski definition) is 1. The molecule has 0 bridgehead atoms. The van der Waals surface area contributed by atoms with Gasteiger partial charge in [0.2, 0.25) is 0 Å². The Balaban J connectivity index is 1.47. The van der Waals surface area contributed by atoms with Gasteiger partial charge in [-0.05, 0) is 47.5 Å². The smallest absolute Gasteiger partial charge is 0.101 e. The quantitative estimate of drug-likeness (QED) is 0.173. The molecular weight excluding hydrogens is 717 g/mol. The summed E-state index contributed by atoms with van der Waals surface area (Å²) in [6.07, 6.45) is 0. The summed E-state index contributed by atoms with van der Waals surface area (Å²) in [4.78, 5) is 0. The van der Waals surface area contributed by atoms with Crippen LogP contribution in [0.15, 0.2) is 206 Å². The molecule has 0 atom stereocenters. The lowest BCUT2D eigenvalue weighted by Crippen LogP contribution is -2.14. The van der Waals surface area contributed by atoms with Crippen LogP contribution in [0, 0.1) is 11.3 Å². The lowest BCUT2D eigenvalue weighted by Gasteiger charge is -2.29. The van der Waals surface area contributed by atoms with Gasteiger partial charge in [0.25, 0.3) is 0 Å². The van der Waals surface area contributed by atoms with Crippen LogP contribution in [-0.2, 0) is 0 Å². The average molecular weight is 751 g/mol. The van der Waals surface area contributed by atoms with Gasteiger partial charge in [-0.1, -0.05) is 170 Å². The zero-order valence-electron chi connectivity index (χ0n) is 31.9. The van der Waals surface area contributed by atoms with Crippen molar-refractivity contribution in [3.8, 4) is 45.4 Å². The SMILES string of the molecule is N#Cc1c(-c2ccccc2)c(-n2c3ccccc3c3ccccc32)c(-n2c3ccccc3c3ccccc32)c(-n2c3ccccc3c3ccccc32)c1-c1ccccc1. The first-order valence-corrected chi connectivity index (χ1v) is 20.0.